The molecule has 2 rings (SSSR count). The topological polar surface area (TPSA) is 49.4 Å². The second-order valence-electron chi connectivity index (χ2n) is 6.24. The van der Waals surface area contributed by atoms with Crippen molar-refractivity contribution in [3.63, 3.8) is 0 Å². The van der Waals surface area contributed by atoms with Crippen LogP contribution >= 0.6 is 23.4 Å². The number of carbonyl (C=O) groups is 2. The minimum Gasteiger partial charge on any atom is -0.357 e. The average molecular weight is 423 g/mol. The Morgan fingerprint density at radius 2 is 1.89 bits per heavy atom. The number of thioether (sulfide) groups is 1. The third-order valence-corrected chi connectivity index (χ3v) is 5.66. The van der Waals surface area contributed by atoms with Gasteiger partial charge >= 0.3 is 0 Å². The molecule has 0 saturated carbocycles. The molecule has 0 saturated heterocycles. The molecule has 28 heavy (non-hydrogen) atoms. The quantitative estimate of drug-likeness (QED) is 0.656. The van der Waals surface area contributed by atoms with Crippen molar-refractivity contribution in [2.75, 3.05) is 12.8 Å². The number of carbonyl (C=O) groups excluding carboxylic acids is 2. The average Bonchev–Trinajstić information content (AvgIpc) is 2.70. The number of halogens is 2. The predicted octanol–water partition coefficient (Wildman–Crippen LogP) is 4.27. The minimum absolute atomic E-state index is 0.130. The van der Waals surface area contributed by atoms with Crippen LogP contribution in [0, 0.1) is 5.82 Å². The smallest absolute Gasteiger partial charge is 0.242 e. The first kappa shape index (κ1) is 22.2. The molecule has 1 atom stereocenters. The first-order valence-electron chi connectivity index (χ1n) is 9.03. The molecule has 0 aliphatic carbocycles. The fourth-order valence-corrected chi connectivity index (χ4v) is 4.11. The van der Waals surface area contributed by atoms with Crippen molar-refractivity contribution < 1.29 is 14.0 Å². The van der Waals surface area contributed by atoms with E-state index in [4.69, 9.17) is 11.6 Å². The second-order valence-corrected chi connectivity index (χ2v) is 7.63. The Balaban J connectivity index is 2.10. The van der Waals surface area contributed by atoms with Crippen molar-refractivity contribution in [1.82, 2.24) is 10.2 Å². The van der Waals surface area contributed by atoms with E-state index in [2.05, 4.69) is 5.32 Å². The number of nitrogens with zero attached hydrogens (tertiary/aromatic N) is 1. The molecule has 1 unspecified atom stereocenters. The van der Waals surface area contributed by atoms with Crippen LogP contribution in [-0.4, -0.2) is 35.6 Å². The first-order chi connectivity index (χ1) is 13.5. The van der Waals surface area contributed by atoms with Crippen molar-refractivity contribution >= 4 is 35.2 Å². The van der Waals surface area contributed by atoms with E-state index in [1.807, 2.05) is 37.3 Å². The molecule has 2 aromatic carbocycles. The van der Waals surface area contributed by atoms with Crippen LogP contribution in [-0.2, 0) is 21.9 Å². The number of benzene rings is 2. The van der Waals surface area contributed by atoms with E-state index in [0.717, 1.165) is 5.56 Å². The summed E-state index contributed by atoms with van der Waals surface area (Å²) in [6.45, 7) is 2.21. The van der Waals surface area contributed by atoms with Crippen LogP contribution < -0.4 is 5.32 Å². The summed E-state index contributed by atoms with van der Waals surface area (Å²) in [7, 11) is 1.56. The molecular weight excluding hydrogens is 399 g/mol. The molecule has 0 aliphatic heterocycles. The Kier molecular flexibility index (Phi) is 8.80. The van der Waals surface area contributed by atoms with Gasteiger partial charge in [-0.2, -0.15) is 0 Å². The number of amides is 2. The molecule has 1 N–H and O–H groups in total. The van der Waals surface area contributed by atoms with Crippen LogP contribution in [0.25, 0.3) is 0 Å². The van der Waals surface area contributed by atoms with Crippen molar-refractivity contribution in [1.29, 1.82) is 0 Å². The van der Waals surface area contributed by atoms with Gasteiger partial charge in [-0.1, -0.05) is 54.9 Å². The van der Waals surface area contributed by atoms with E-state index in [9.17, 15) is 14.0 Å². The lowest BCUT2D eigenvalue weighted by Gasteiger charge is -2.30. The molecule has 0 spiro atoms. The van der Waals surface area contributed by atoms with Crippen molar-refractivity contribution in [3.8, 4) is 0 Å². The molecular formula is C21H24ClFN2O2S. The summed E-state index contributed by atoms with van der Waals surface area (Å²) in [6, 6.07) is 13.5. The van der Waals surface area contributed by atoms with Crippen LogP contribution in [0.1, 0.15) is 24.5 Å². The number of likely N-dealkylation sites (N-methyl/N-ethyl adjacent to an activating group) is 1. The van der Waals surface area contributed by atoms with Gasteiger partial charge in [-0.15, -0.1) is 11.8 Å². The highest BCUT2D eigenvalue weighted by molar-refractivity contribution is 7.99. The zero-order valence-corrected chi connectivity index (χ0v) is 17.5. The maximum atomic E-state index is 13.9. The zero-order valence-electron chi connectivity index (χ0n) is 16.0. The normalized spacial score (nSPS) is 11.7. The van der Waals surface area contributed by atoms with Crippen molar-refractivity contribution in [3.05, 3.63) is 70.5 Å². The first-order valence-corrected chi connectivity index (χ1v) is 10.6. The second kappa shape index (κ2) is 11.1. The van der Waals surface area contributed by atoms with E-state index in [0.29, 0.717) is 23.6 Å². The maximum Gasteiger partial charge on any atom is 0.242 e. The Morgan fingerprint density at radius 1 is 1.18 bits per heavy atom. The molecule has 7 heteroatoms. The van der Waals surface area contributed by atoms with E-state index in [-0.39, 0.29) is 29.1 Å². The summed E-state index contributed by atoms with van der Waals surface area (Å²) >= 11 is 7.33. The van der Waals surface area contributed by atoms with E-state index in [1.165, 1.54) is 17.8 Å². The highest BCUT2D eigenvalue weighted by atomic mass is 35.5. The number of hydrogen-bond acceptors (Lipinski definition) is 3. The molecule has 150 valence electrons. The molecule has 0 bridgehead atoms. The van der Waals surface area contributed by atoms with Gasteiger partial charge in [-0.05, 0) is 24.1 Å². The highest BCUT2D eigenvalue weighted by Crippen LogP contribution is 2.24. The van der Waals surface area contributed by atoms with Gasteiger partial charge in [-0.3, -0.25) is 9.59 Å². The zero-order chi connectivity index (χ0) is 20.5. The lowest BCUT2D eigenvalue weighted by Crippen LogP contribution is -2.48. The van der Waals surface area contributed by atoms with E-state index in [1.54, 1.807) is 24.1 Å². The van der Waals surface area contributed by atoms with Crippen LogP contribution in [0.5, 0.6) is 0 Å². The predicted molar refractivity (Wildman–Crippen MR) is 113 cm³/mol. The molecule has 4 nitrogen and oxygen atoms in total. The SMILES string of the molecule is CCC(C(=O)NC)N(Cc1ccccc1)C(=O)CSCc1c(F)cccc1Cl. The lowest BCUT2D eigenvalue weighted by molar-refractivity contribution is -0.139. The molecule has 0 heterocycles. The fraction of sp³-hybridized carbons (Fsp3) is 0.333. The Labute approximate surface area is 174 Å². The van der Waals surface area contributed by atoms with Crippen LogP contribution in [0.4, 0.5) is 4.39 Å². The molecule has 2 amide bonds. The van der Waals surface area contributed by atoms with Gasteiger partial charge in [0, 0.05) is 29.9 Å². The van der Waals surface area contributed by atoms with Crippen molar-refractivity contribution in [2.45, 2.75) is 31.7 Å². The third-order valence-electron chi connectivity index (χ3n) is 4.36. The third kappa shape index (κ3) is 5.97. The van der Waals surface area contributed by atoms with E-state index < -0.39 is 6.04 Å². The standard InChI is InChI=1S/C21H24ClFN2O2S/c1-3-19(21(27)24-2)25(12-15-8-5-4-6-9-15)20(26)14-28-13-16-17(22)10-7-11-18(16)23/h4-11,19H,3,12-14H2,1-2H3,(H,24,27). The summed E-state index contributed by atoms with van der Waals surface area (Å²) in [5, 5.41) is 2.97. The monoisotopic (exact) mass is 422 g/mol. The lowest BCUT2D eigenvalue weighted by atomic mass is 10.1. The molecule has 0 radical (unpaired) electrons. The molecule has 0 fully saturated rings. The summed E-state index contributed by atoms with van der Waals surface area (Å²) in [5.74, 6) is -0.339. The molecule has 2 aromatic rings. The highest BCUT2D eigenvalue weighted by Gasteiger charge is 2.27. The van der Waals surface area contributed by atoms with Gasteiger partial charge in [0.05, 0.1) is 5.75 Å². The Bertz CT molecular complexity index is 784. The van der Waals surface area contributed by atoms with Gasteiger partial charge in [0.25, 0.3) is 0 Å². The largest absolute Gasteiger partial charge is 0.357 e. The van der Waals surface area contributed by atoms with Gasteiger partial charge in [-0.25, -0.2) is 4.39 Å². The Morgan fingerprint density at radius 3 is 2.50 bits per heavy atom. The minimum atomic E-state index is -0.560. The van der Waals surface area contributed by atoms with Gasteiger partial charge < -0.3 is 10.2 Å². The summed E-state index contributed by atoms with van der Waals surface area (Å²) in [4.78, 5) is 26.8. The van der Waals surface area contributed by atoms with Gasteiger partial charge in [0.2, 0.25) is 11.8 Å². The van der Waals surface area contributed by atoms with Gasteiger partial charge in [0.1, 0.15) is 11.9 Å². The van der Waals surface area contributed by atoms with Gasteiger partial charge in [0.15, 0.2) is 0 Å². The molecule has 0 aromatic heterocycles. The van der Waals surface area contributed by atoms with Crippen molar-refractivity contribution in [2.24, 2.45) is 0 Å². The number of rotatable bonds is 9. The fourth-order valence-electron chi connectivity index (χ4n) is 2.86. The summed E-state index contributed by atoms with van der Waals surface area (Å²) in [6.07, 6.45) is 0.502. The van der Waals surface area contributed by atoms with E-state index >= 15 is 0 Å². The van der Waals surface area contributed by atoms with Crippen LogP contribution in [0.2, 0.25) is 5.02 Å². The van der Waals surface area contributed by atoms with Crippen LogP contribution in [0.15, 0.2) is 48.5 Å². The molecule has 0 aliphatic rings. The Hall–Kier alpha value is -2.05. The summed E-state index contributed by atoms with van der Waals surface area (Å²) < 4.78 is 13.9. The number of hydrogen-bond donors (Lipinski definition) is 1. The maximum absolute atomic E-state index is 13.9. The van der Waals surface area contributed by atoms with Crippen LogP contribution in [0.3, 0.4) is 0 Å². The summed E-state index contributed by atoms with van der Waals surface area (Å²) in [5.41, 5.74) is 1.33. The number of nitrogens with one attached hydrogen (secondary N) is 1.